The lowest BCUT2D eigenvalue weighted by atomic mass is 10.1. The minimum absolute atomic E-state index is 0.00571. The van der Waals surface area contributed by atoms with E-state index in [-0.39, 0.29) is 6.04 Å². The van der Waals surface area contributed by atoms with E-state index in [2.05, 4.69) is 31.0 Å². The molecule has 1 unspecified atom stereocenters. The van der Waals surface area contributed by atoms with Gasteiger partial charge < -0.3 is 15.4 Å². The normalized spacial score (nSPS) is 12.9. The number of hydrogen-bond acceptors (Lipinski definition) is 4. The molecule has 0 aliphatic heterocycles. The van der Waals surface area contributed by atoms with Crippen LogP contribution in [0, 0.1) is 0 Å². The van der Waals surface area contributed by atoms with Crippen LogP contribution < -0.4 is 10.5 Å². The molecular formula is C14H28N4O. The zero-order valence-electron chi connectivity index (χ0n) is 12.7. The van der Waals surface area contributed by atoms with Gasteiger partial charge in [-0.3, -0.25) is 4.68 Å². The van der Waals surface area contributed by atoms with E-state index in [4.69, 9.17) is 10.5 Å². The Hall–Kier alpha value is -1.07. The Morgan fingerprint density at radius 2 is 2.16 bits per heavy atom. The molecule has 0 saturated heterocycles. The van der Waals surface area contributed by atoms with Crippen LogP contribution in [-0.4, -0.2) is 42.4 Å². The Labute approximate surface area is 116 Å². The summed E-state index contributed by atoms with van der Waals surface area (Å²) in [5.74, 6) is 0.808. The van der Waals surface area contributed by atoms with E-state index in [9.17, 15) is 0 Å². The zero-order chi connectivity index (χ0) is 14.3. The molecule has 2 N–H and O–H groups in total. The molecule has 1 atom stereocenters. The number of aromatic nitrogens is 2. The smallest absolute Gasteiger partial charge is 0.161 e. The van der Waals surface area contributed by atoms with Crippen molar-refractivity contribution in [2.24, 2.45) is 5.73 Å². The summed E-state index contributed by atoms with van der Waals surface area (Å²) in [5.41, 5.74) is 7.34. The van der Waals surface area contributed by atoms with Gasteiger partial charge in [-0.25, -0.2) is 0 Å². The van der Waals surface area contributed by atoms with Crippen LogP contribution in [0.4, 0.5) is 0 Å². The number of ether oxygens (including phenoxy) is 1. The van der Waals surface area contributed by atoms with E-state index < -0.39 is 0 Å². The summed E-state index contributed by atoms with van der Waals surface area (Å²) in [6, 6.07) is 0.00571. The second-order valence-corrected chi connectivity index (χ2v) is 5.23. The molecule has 5 nitrogen and oxygen atoms in total. The fraction of sp³-hybridized carbons (Fsp3) is 0.786. The second kappa shape index (κ2) is 8.17. The Balaban J connectivity index is 2.73. The van der Waals surface area contributed by atoms with Crippen molar-refractivity contribution in [1.82, 2.24) is 14.7 Å². The van der Waals surface area contributed by atoms with Crippen molar-refractivity contribution in [3.63, 3.8) is 0 Å². The van der Waals surface area contributed by atoms with Crippen LogP contribution in [0.3, 0.4) is 0 Å². The molecule has 0 saturated carbocycles. The fourth-order valence-corrected chi connectivity index (χ4v) is 2.13. The van der Waals surface area contributed by atoms with Crippen LogP contribution in [0.25, 0.3) is 0 Å². The highest BCUT2D eigenvalue weighted by Crippen LogP contribution is 2.26. The Kier molecular flexibility index (Phi) is 6.87. The number of nitrogens with two attached hydrogens (primary N) is 1. The van der Waals surface area contributed by atoms with Crippen LogP contribution in [0.15, 0.2) is 6.20 Å². The van der Waals surface area contributed by atoms with Gasteiger partial charge >= 0.3 is 0 Å². The summed E-state index contributed by atoms with van der Waals surface area (Å²) >= 11 is 0. The third kappa shape index (κ3) is 4.84. The van der Waals surface area contributed by atoms with Gasteiger partial charge in [0.2, 0.25) is 0 Å². The van der Waals surface area contributed by atoms with E-state index >= 15 is 0 Å². The maximum atomic E-state index is 6.31. The number of rotatable bonds is 9. The van der Waals surface area contributed by atoms with Crippen molar-refractivity contribution >= 4 is 0 Å². The van der Waals surface area contributed by atoms with Gasteiger partial charge in [-0.1, -0.05) is 26.2 Å². The lowest BCUT2D eigenvalue weighted by Gasteiger charge is -2.17. The van der Waals surface area contributed by atoms with Crippen LogP contribution in [0.5, 0.6) is 5.75 Å². The molecule has 110 valence electrons. The maximum absolute atomic E-state index is 6.31. The van der Waals surface area contributed by atoms with Crippen molar-refractivity contribution in [3.8, 4) is 5.75 Å². The highest BCUT2D eigenvalue weighted by Gasteiger charge is 2.18. The molecular weight excluding hydrogens is 240 g/mol. The van der Waals surface area contributed by atoms with Crippen molar-refractivity contribution in [3.05, 3.63) is 11.9 Å². The standard InChI is InChI=1S/C14H28N4O/c1-5-6-7-8-12(15)14-13(19-4)11-16-18(14)10-9-17(2)3/h11-12H,5-10,15H2,1-4H3. The average molecular weight is 268 g/mol. The summed E-state index contributed by atoms with van der Waals surface area (Å²) in [6.07, 6.45) is 6.34. The summed E-state index contributed by atoms with van der Waals surface area (Å²) in [6.45, 7) is 3.99. The number of unbranched alkanes of at least 4 members (excludes halogenated alkanes) is 2. The number of nitrogens with zero attached hydrogens (tertiary/aromatic N) is 3. The molecule has 0 amide bonds. The molecule has 0 spiro atoms. The first-order valence-electron chi connectivity index (χ1n) is 7.10. The first-order chi connectivity index (χ1) is 9.10. The first-order valence-corrected chi connectivity index (χ1v) is 7.10. The Bertz CT molecular complexity index is 362. The van der Waals surface area contributed by atoms with Gasteiger partial charge in [-0.05, 0) is 20.5 Å². The lowest BCUT2D eigenvalue weighted by molar-refractivity contribution is 0.358. The van der Waals surface area contributed by atoms with Gasteiger partial charge in [0.15, 0.2) is 5.75 Å². The maximum Gasteiger partial charge on any atom is 0.161 e. The Morgan fingerprint density at radius 3 is 2.74 bits per heavy atom. The molecule has 0 aliphatic rings. The first kappa shape index (κ1) is 16.0. The number of likely N-dealkylation sites (N-methyl/N-ethyl adjacent to an activating group) is 1. The number of methoxy groups -OCH3 is 1. The van der Waals surface area contributed by atoms with E-state index in [0.29, 0.717) is 0 Å². The summed E-state index contributed by atoms with van der Waals surface area (Å²) in [7, 11) is 5.79. The topological polar surface area (TPSA) is 56.3 Å². The Morgan fingerprint density at radius 1 is 1.42 bits per heavy atom. The second-order valence-electron chi connectivity index (χ2n) is 5.23. The van der Waals surface area contributed by atoms with Gasteiger partial charge in [-0.15, -0.1) is 0 Å². The number of hydrogen-bond donors (Lipinski definition) is 1. The molecule has 19 heavy (non-hydrogen) atoms. The van der Waals surface area contributed by atoms with Crippen molar-refractivity contribution in [2.75, 3.05) is 27.7 Å². The van der Waals surface area contributed by atoms with Crippen LogP contribution in [0.2, 0.25) is 0 Å². The molecule has 0 aliphatic carbocycles. The molecule has 0 radical (unpaired) electrons. The molecule has 1 aromatic heterocycles. The molecule has 0 bridgehead atoms. The zero-order valence-corrected chi connectivity index (χ0v) is 12.7. The van der Waals surface area contributed by atoms with Gasteiger partial charge in [0, 0.05) is 6.54 Å². The van der Waals surface area contributed by atoms with Crippen LogP contribution >= 0.6 is 0 Å². The van der Waals surface area contributed by atoms with E-state index in [1.807, 2.05) is 4.68 Å². The van der Waals surface area contributed by atoms with Crippen LogP contribution in [0.1, 0.15) is 44.3 Å². The highest BCUT2D eigenvalue weighted by molar-refractivity contribution is 5.28. The van der Waals surface area contributed by atoms with E-state index in [1.54, 1.807) is 13.3 Å². The fourth-order valence-electron chi connectivity index (χ4n) is 2.13. The summed E-state index contributed by atoms with van der Waals surface area (Å²) in [4.78, 5) is 2.14. The lowest BCUT2D eigenvalue weighted by Crippen LogP contribution is -2.23. The summed E-state index contributed by atoms with van der Waals surface area (Å²) < 4.78 is 7.36. The monoisotopic (exact) mass is 268 g/mol. The third-order valence-corrected chi connectivity index (χ3v) is 3.29. The minimum atomic E-state index is 0.00571. The molecule has 1 aromatic rings. The van der Waals surface area contributed by atoms with Crippen molar-refractivity contribution in [1.29, 1.82) is 0 Å². The minimum Gasteiger partial charge on any atom is -0.493 e. The summed E-state index contributed by atoms with van der Waals surface area (Å²) in [5, 5.41) is 4.39. The van der Waals surface area contributed by atoms with Gasteiger partial charge in [0.1, 0.15) is 0 Å². The van der Waals surface area contributed by atoms with E-state index in [1.165, 1.54) is 12.8 Å². The molecule has 5 heteroatoms. The largest absolute Gasteiger partial charge is 0.493 e. The quantitative estimate of drug-likeness (QED) is 0.696. The predicted octanol–water partition coefficient (Wildman–Crippen LogP) is 2.03. The van der Waals surface area contributed by atoms with Gasteiger partial charge in [-0.2, -0.15) is 5.10 Å². The molecule has 1 rings (SSSR count). The van der Waals surface area contributed by atoms with Crippen molar-refractivity contribution < 1.29 is 4.74 Å². The molecule has 0 fully saturated rings. The molecule has 1 heterocycles. The van der Waals surface area contributed by atoms with Crippen LogP contribution in [-0.2, 0) is 6.54 Å². The SMILES string of the molecule is CCCCCC(N)c1c(OC)cnn1CCN(C)C. The highest BCUT2D eigenvalue weighted by atomic mass is 16.5. The van der Waals surface area contributed by atoms with Crippen molar-refractivity contribution in [2.45, 2.75) is 45.2 Å². The predicted molar refractivity (Wildman–Crippen MR) is 78.4 cm³/mol. The molecule has 0 aromatic carbocycles. The van der Waals surface area contributed by atoms with E-state index in [0.717, 1.165) is 37.4 Å². The third-order valence-electron chi connectivity index (χ3n) is 3.29. The average Bonchev–Trinajstić information content (AvgIpc) is 2.79. The van der Waals surface area contributed by atoms with Gasteiger partial charge in [0.25, 0.3) is 0 Å². The van der Waals surface area contributed by atoms with Gasteiger partial charge in [0.05, 0.1) is 31.6 Å².